The minimum Gasteiger partial charge on any atom is -0.392 e. The van der Waals surface area contributed by atoms with Crippen molar-refractivity contribution >= 4 is 17.5 Å². The minimum atomic E-state index is -0.507. The average molecular weight is 348 g/mol. The lowest BCUT2D eigenvalue weighted by Gasteiger charge is -2.36. The highest BCUT2D eigenvalue weighted by atomic mass is 16.6. The highest BCUT2D eigenvalue weighted by Gasteiger charge is 2.33. The van der Waals surface area contributed by atoms with Gasteiger partial charge in [0, 0.05) is 50.4 Å². The summed E-state index contributed by atoms with van der Waals surface area (Å²) in [4.78, 5) is 38.3. The number of nitro groups is 1. The van der Waals surface area contributed by atoms with Crippen molar-refractivity contribution in [3.05, 3.63) is 39.9 Å². The van der Waals surface area contributed by atoms with Crippen LogP contribution in [0.5, 0.6) is 0 Å². The Balaban J connectivity index is 1.55. The maximum atomic E-state index is 12.5. The van der Waals surface area contributed by atoms with E-state index in [1.54, 1.807) is 9.80 Å². The second-order valence-electron chi connectivity index (χ2n) is 6.27. The van der Waals surface area contributed by atoms with E-state index in [0.717, 1.165) is 0 Å². The molecule has 2 heterocycles. The van der Waals surface area contributed by atoms with Gasteiger partial charge >= 0.3 is 0 Å². The zero-order valence-corrected chi connectivity index (χ0v) is 13.6. The quantitative estimate of drug-likeness (QED) is 0.567. The molecule has 0 radical (unpaired) electrons. The molecule has 0 aromatic heterocycles. The summed E-state index contributed by atoms with van der Waals surface area (Å²) in [6, 6.07) is 5.16. The Morgan fingerprint density at radius 3 is 2.24 bits per heavy atom. The number of nitro benzene ring substituents is 1. The second kappa shape index (κ2) is 7.16. The van der Waals surface area contributed by atoms with Crippen LogP contribution in [0.3, 0.4) is 0 Å². The van der Waals surface area contributed by atoms with Crippen molar-refractivity contribution in [1.82, 2.24) is 15.1 Å². The summed E-state index contributed by atoms with van der Waals surface area (Å²) in [7, 11) is 0. The first kappa shape index (κ1) is 17.3. The maximum Gasteiger partial charge on any atom is 0.269 e. The molecule has 9 nitrogen and oxygen atoms in total. The Labute approximate surface area is 144 Å². The number of nitrogens with zero attached hydrogens (tertiary/aromatic N) is 3. The van der Waals surface area contributed by atoms with Gasteiger partial charge in [-0.15, -0.1) is 0 Å². The fraction of sp³-hybridized carbons (Fsp3) is 0.500. The summed E-state index contributed by atoms with van der Waals surface area (Å²) >= 11 is 0. The molecule has 2 saturated heterocycles. The summed E-state index contributed by atoms with van der Waals surface area (Å²) in [6.45, 7) is 2.13. The molecule has 2 aliphatic rings. The first-order valence-electron chi connectivity index (χ1n) is 8.19. The molecule has 2 unspecified atom stereocenters. The van der Waals surface area contributed by atoms with Gasteiger partial charge in [0.05, 0.1) is 17.1 Å². The van der Waals surface area contributed by atoms with E-state index in [1.807, 2.05) is 0 Å². The number of non-ortho nitro benzene ring substituents is 1. The van der Waals surface area contributed by atoms with E-state index in [1.165, 1.54) is 24.3 Å². The van der Waals surface area contributed by atoms with Crippen LogP contribution in [-0.4, -0.2) is 76.5 Å². The third-order valence-electron chi connectivity index (χ3n) is 4.61. The number of nitrogens with one attached hydrogen (secondary N) is 1. The fourth-order valence-electron chi connectivity index (χ4n) is 3.16. The molecule has 0 aliphatic carbocycles. The van der Waals surface area contributed by atoms with Crippen molar-refractivity contribution in [2.75, 3.05) is 32.7 Å². The molecule has 3 rings (SSSR count). The highest BCUT2D eigenvalue weighted by molar-refractivity contribution is 5.94. The van der Waals surface area contributed by atoms with Crippen molar-refractivity contribution in [2.24, 2.45) is 0 Å². The number of hydrogen-bond acceptors (Lipinski definition) is 6. The van der Waals surface area contributed by atoms with Gasteiger partial charge in [0.25, 0.3) is 11.6 Å². The Morgan fingerprint density at radius 2 is 1.72 bits per heavy atom. The lowest BCUT2D eigenvalue weighted by Crippen LogP contribution is -2.54. The molecule has 1 aromatic carbocycles. The lowest BCUT2D eigenvalue weighted by atomic mass is 10.1. The first-order chi connectivity index (χ1) is 12.0. The number of carbonyl (C=O) groups excluding carboxylic acids is 2. The molecule has 25 heavy (non-hydrogen) atoms. The number of amides is 2. The largest absolute Gasteiger partial charge is 0.392 e. The standard InChI is InChI=1S/C16H20N4O5/c21-13-9-14(17-10-13)16(23)19-7-5-18(6-8-19)15(22)11-1-3-12(4-2-11)20(24)25/h1-4,13-14,17,21H,5-10H2. The minimum absolute atomic E-state index is 0.0426. The molecule has 134 valence electrons. The van der Waals surface area contributed by atoms with Gasteiger partial charge in [-0.2, -0.15) is 0 Å². The van der Waals surface area contributed by atoms with Crippen LogP contribution in [0.2, 0.25) is 0 Å². The SMILES string of the molecule is O=C(c1ccc([N+](=O)[O-])cc1)N1CCN(C(=O)C2CC(O)CN2)CC1. The number of rotatable bonds is 3. The molecular formula is C16H20N4O5. The summed E-state index contributed by atoms with van der Waals surface area (Å²) in [5.74, 6) is -0.240. The van der Waals surface area contributed by atoms with Crippen molar-refractivity contribution < 1.29 is 19.6 Å². The van der Waals surface area contributed by atoms with Gasteiger partial charge in [0.15, 0.2) is 0 Å². The number of aliphatic hydroxyl groups is 1. The predicted molar refractivity (Wildman–Crippen MR) is 88.0 cm³/mol. The van der Waals surface area contributed by atoms with Crippen LogP contribution in [0.15, 0.2) is 24.3 Å². The number of piperazine rings is 1. The van der Waals surface area contributed by atoms with Crippen LogP contribution in [-0.2, 0) is 4.79 Å². The summed E-state index contributed by atoms with van der Waals surface area (Å²) in [5.41, 5.74) is 0.337. The molecule has 2 N–H and O–H groups in total. The Hall–Kier alpha value is -2.52. The summed E-state index contributed by atoms with van der Waals surface area (Å²) < 4.78 is 0. The van der Waals surface area contributed by atoms with Crippen molar-refractivity contribution in [1.29, 1.82) is 0 Å². The Bertz CT molecular complexity index is 670. The van der Waals surface area contributed by atoms with Crippen molar-refractivity contribution in [2.45, 2.75) is 18.6 Å². The molecule has 1 aromatic rings. The van der Waals surface area contributed by atoms with Gasteiger partial charge in [0.1, 0.15) is 0 Å². The molecule has 2 aliphatic heterocycles. The second-order valence-corrected chi connectivity index (χ2v) is 6.27. The Kier molecular flexibility index (Phi) is 4.95. The predicted octanol–water partition coefficient (Wildman–Crippen LogP) is -0.398. The van der Waals surface area contributed by atoms with Gasteiger partial charge in [-0.1, -0.05) is 0 Å². The smallest absolute Gasteiger partial charge is 0.269 e. The molecule has 0 saturated carbocycles. The molecular weight excluding hydrogens is 328 g/mol. The van der Waals surface area contributed by atoms with Crippen LogP contribution < -0.4 is 5.32 Å². The van der Waals surface area contributed by atoms with E-state index in [9.17, 15) is 24.8 Å². The van der Waals surface area contributed by atoms with Crippen LogP contribution >= 0.6 is 0 Å². The highest BCUT2D eigenvalue weighted by Crippen LogP contribution is 2.16. The summed E-state index contributed by atoms with van der Waals surface area (Å²) in [6.07, 6.45) is -0.0696. The number of carbonyl (C=O) groups is 2. The number of aliphatic hydroxyl groups excluding tert-OH is 1. The number of β-amino-alcohol motifs (C(OH)–C–C–N with tert-alkyl or cyclic N) is 1. The molecule has 0 spiro atoms. The molecule has 2 atom stereocenters. The van der Waals surface area contributed by atoms with Gasteiger partial charge in [-0.25, -0.2) is 0 Å². The van der Waals surface area contributed by atoms with Crippen LogP contribution in [0.1, 0.15) is 16.8 Å². The summed E-state index contributed by atoms with van der Waals surface area (Å²) in [5, 5.41) is 23.2. The van der Waals surface area contributed by atoms with Crippen molar-refractivity contribution in [3.63, 3.8) is 0 Å². The zero-order chi connectivity index (χ0) is 18.0. The third kappa shape index (κ3) is 3.77. The van der Waals surface area contributed by atoms with Crippen LogP contribution in [0.4, 0.5) is 5.69 Å². The van der Waals surface area contributed by atoms with Gasteiger partial charge < -0.3 is 20.2 Å². The van der Waals surface area contributed by atoms with E-state index < -0.39 is 11.0 Å². The monoisotopic (exact) mass is 348 g/mol. The van der Waals surface area contributed by atoms with E-state index in [0.29, 0.717) is 44.7 Å². The van der Waals surface area contributed by atoms with Crippen LogP contribution in [0.25, 0.3) is 0 Å². The van der Waals surface area contributed by atoms with E-state index in [4.69, 9.17) is 0 Å². The molecule has 2 fully saturated rings. The van der Waals surface area contributed by atoms with Crippen LogP contribution in [0, 0.1) is 10.1 Å². The first-order valence-corrected chi connectivity index (χ1v) is 8.19. The van der Waals surface area contributed by atoms with Gasteiger partial charge in [-0.3, -0.25) is 19.7 Å². The zero-order valence-electron chi connectivity index (χ0n) is 13.6. The average Bonchev–Trinajstić information content (AvgIpc) is 3.07. The molecule has 9 heteroatoms. The third-order valence-corrected chi connectivity index (χ3v) is 4.61. The van der Waals surface area contributed by atoms with Gasteiger partial charge in [0.2, 0.25) is 5.91 Å². The molecule has 0 bridgehead atoms. The van der Waals surface area contributed by atoms with E-state index in [-0.39, 0.29) is 23.5 Å². The lowest BCUT2D eigenvalue weighted by molar-refractivity contribution is -0.384. The fourth-order valence-corrected chi connectivity index (χ4v) is 3.16. The number of benzene rings is 1. The maximum absolute atomic E-state index is 12.5. The number of hydrogen-bond donors (Lipinski definition) is 2. The topological polar surface area (TPSA) is 116 Å². The normalized spacial score (nSPS) is 23.6. The van der Waals surface area contributed by atoms with Gasteiger partial charge in [-0.05, 0) is 18.6 Å². The van der Waals surface area contributed by atoms with Crippen molar-refractivity contribution in [3.8, 4) is 0 Å². The van der Waals surface area contributed by atoms with E-state index >= 15 is 0 Å². The Morgan fingerprint density at radius 1 is 1.12 bits per heavy atom. The van der Waals surface area contributed by atoms with E-state index in [2.05, 4.69) is 5.32 Å². The molecule has 2 amide bonds.